The number of halogens is 1. The number of benzene rings is 1. The second kappa shape index (κ2) is 6.13. The third kappa shape index (κ3) is 3.87. The fourth-order valence-corrected chi connectivity index (χ4v) is 2.64. The SMILES string of the molecule is Cc1cc(Cl)c([N+](=O)[O-])cc1S(=O)(=O)NOCC(N)=O. The van der Waals surface area contributed by atoms with Gasteiger partial charge in [0.2, 0.25) is 5.91 Å². The van der Waals surface area contributed by atoms with Gasteiger partial charge in [-0.2, -0.15) is 0 Å². The molecular formula is C9H10ClN3O6S. The summed E-state index contributed by atoms with van der Waals surface area (Å²) >= 11 is 5.64. The summed E-state index contributed by atoms with van der Waals surface area (Å²) < 4.78 is 23.7. The van der Waals surface area contributed by atoms with Crippen molar-refractivity contribution in [3.63, 3.8) is 0 Å². The molecule has 0 spiro atoms. The molecule has 0 heterocycles. The van der Waals surface area contributed by atoms with Crippen molar-refractivity contribution in [1.82, 2.24) is 4.89 Å². The number of hydrogen-bond acceptors (Lipinski definition) is 6. The van der Waals surface area contributed by atoms with Gasteiger partial charge in [-0.05, 0) is 18.6 Å². The molecule has 0 bridgehead atoms. The summed E-state index contributed by atoms with van der Waals surface area (Å²) in [5, 5.41) is 10.5. The average Bonchev–Trinajstić information content (AvgIpc) is 2.26. The van der Waals surface area contributed by atoms with Crippen LogP contribution in [0, 0.1) is 17.0 Å². The number of nitrogens with one attached hydrogen (secondary N) is 1. The van der Waals surface area contributed by atoms with Gasteiger partial charge in [0.1, 0.15) is 11.6 Å². The molecule has 3 N–H and O–H groups in total. The number of nitro groups is 1. The number of sulfonamides is 1. The molecule has 1 aromatic rings. The van der Waals surface area contributed by atoms with E-state index in [1.54, 1.807) is 4.89 Å². The molecule has 0 fully saturated rings. The lowest BCUT2D eigenvalue weighted by Crippen LogP contribution is -2.29. The molecular weight excluding hydrogens is 314 g/mol. The Morgan fingerprint density at radius 1 is 1.55 bits per heavy atom. The highest BCUT2D eigenvalue weighted by atomic mass is 35.5. The van der Waals surface area contributed by atoms with Crippen molar-refractivity contribution < 1.29 is 23.0 Å². The van der Waals surface area contributed by atoms with E-state index < -0.39 is 38.0 Å². The molecule has 0 aliphatic heterocycles. The van der Waals surface area contributed by atoms with E-state index in [1.165, 1.54) is 6.92 Å². The van der Waals surface area contributed by atoms with Gasteiger partial charge in [0.25, 0.3) is 15.7 Å². The Labute approximate surface area is 118 Å². The summed E-state index contributed by atoms with van der Waals surface area (Å²) in [7, 11) is -4.20. The van der Waals surface area contributed by atoms with Crippen molar-refractivity contribution in [3.8, 4) is 0 Å². The number of nitro benzene ring substituents is 1. The smallest absolute Gasteiger partial charge is 0.289 e. The summed E-state index contributed by atoms with van der Waals surface area (Å²) in [6.45, 7) is 0.728. The maximum Gasteiger partial charge on any atom is 0.289 e. The monoisotopic (exact) mass is 323 g/mol. The summed E-state index contributed by atoms with van der Waals surface area (Å²) in [6, 6.07) is 1.94. The molecule has 11 heteroatoms. The predicted molar refractivity (Wildman–Crippen MR) is 68.3 cm³/mol. The molecule has 9 nitrogen and oxygen atoms in total. The first-order chi connectivity index (χ1) is 9.15. The molecule has 20 heavy (non-hydrogen) atoms. The number of rotatable bonds is 6. The van der Waals surface area contributed by atoms with Crippen LogP contribution in [0.15, 0.2) is 17.0 Å². The van der Waals surface area contributed by atoms with Gasteiger partial charge in [-0.1, -0.05) is 16.5 Å². The van der Waals surface area contributed by atoms with E-state index in [4.69, 9.17) is 17.3 Å². The summed E-state index contributed by atoms with van der Waals surface area (Å²) in [4.78, 5) is 26.0. The second-order valence-electron chi connectivity index (χ2n) is 3.67. The highest BCUT2D eigenvalue weighted by Crippen LogP contribution is 2.29. The average molecular weight is 324 g/mol. The van der Waals surface area contributed by atoms with Gasteiger partial charge in [0, 0.05) is 6.07 Å². The molecule has 0 aliphatic rings. The molecule has 110 valence electrons. The first kappa shape index (κ1) is 16.3. The third-order valence-corrected chi connectivity index (χ3v) is 3.77. The highest BCUT2D eigenvalue weighted by molar-refractivity contribution is 7.89. The molecule has 0 saturated heterocycles. The zero-order valence-electron chi connectivity index (χ0n) is 10.1. The topological polar surface area (TPSA) is 142 Å². The number of nitrogens with zero attached hydrogens (tertiary/aromatic N) is 1. The van der Waals surface area contributed by atoms with E-state index in [0.29, 0.717) is 0 Å². The van der Waals surface area contributed by atoms with Gasteiger partial charge in [0.05, 0.1) is 9.82 Å². The molecule has 1 aromatic carbocycles. The van der Waals surface area contributed by atoms with Gasteiger partial charge in [-0.15, -0.1) is 0 Å². The molecule has 1 rings (SSSR count). The van der Waals surface area contributed by atoms with Crippen LogP contribution < -0.4 is 10.6 Å². The van der Waals surface area contributed by atoms with Crippen LogP contribution in [0.1, 0.15) is 5.56 Å². The maximum absolute atomic E-state index is 11.9. The van der Waals surface area contributed by atoms with Crippen LogP contribution in [-0.4, -0.2) is 25.9 Å². The Kier molecular flexibility index (Phi) is 5.00. The first-order valence-electron chi connectivity index (χ1n) is 5.01. The van der Waals surface area contributed by atoms with Crippen molar-refractivity contribution in [2.75, 3.05) is 6.61 Å². The molecule has 0 atom stereocenters. The lowest BCUT2D eigenvalue weighted by molar-refractivity contribution is -0.384. The number of aryl methyl sites for hydroxylation is 1. The van der Waals surface area contributed by atoms with E-state index >= 15 is 0 Å². The van der Waals surface area contributed by atoms with Crippen molar-refractivity contribution in [2.45, 2.75) is 11.8 Å². The van der Waals surface area contributed by atoms with Gasteiger partial charge < -0.3 is 5.73 Å². The minimum absolute atomic E-state index is 0.177. The van der Waals surface area contributed by atoms with E-state index in [0.717, 1.165) is 12.1 Å². The molecule has 1 amide bonds. The van der Waals surface area contributed by atoms with Gasteiger partial charge in [-0.3, -0.25) is 19.7 Å². The van der Waals surface area contributed by atoms with Crippen LogP contribution in [-0.2, 0) is 19.7 Å². The van der Waals surface area contributed by atoms with Crippen LogP contribution >= 0.6 is 11.6 Å². The zero-order valence-corrected chi connectivity index (χ0v) is 11.7. The largest absolute Gasteiger partial charge is 0.368 e. The minimum atomic E-state index is -4.20. The molecule has 0 aromatic heterocycles. The highest BCUT2D eigenvalue weighted by Gasteiger charge is 2.23. The van der Waals surface area contributed by atoms with Crippen LogP contribution in [0.25, 0.3) is 0 Å². The summed E-state index contributed by atoms with van der Waals surface area (Å²) in [5.74, 6) is -0.883. The van der Waals surface area contributed by atoms with Crippen molar-refractivity contribution in [2.24, 2.45) is 5.73 Å². The van der Waals surface area contributed by atoms with Gasteiger partial charge >= 0.3 is 0 Å². The molecule has 0 unspecified atom stereocenters. The standard InChI is InChI=1S/C9H10ClN3O6S/c1-5-2-6(10)7(13(15)16)3-8(5)20(17,18)12-19-4-9(11)14/h2-3,12H,4H2,1H3,(H2,11,14). The van der Waals surface area contributed by atoms with Crippen LogP contribution in [0.2, 0.25) is 5.02 Å². The Hall–Kier alpha value is -1.75. The third-order valence-electron chi connectivity index (χ3n) is 2.11. The number of amides is 1. The number of carbonyl (C=O) groups is 1. The Balaban J connectivity index is 3.14. The molecule has 0 saturated carbocycles. The van der Waals surface area contributed by atoms with Crippen molar-refractivity contribution >= 4 is 33.2 Å². The number of nitrogens with two attached hydrogens (primary N) is 1. The lowest BCUT2D eigenvalue weighted by Gasteiger charge is -2.09. The first-order valence-corrected chi connectivity index (χ1v) is 6.87. The summed E-state index contributed by atoms with van der Waals surface area (Å²) in [6.07, 6.45) is 0. The molecule has 0 radical (unpaired) electrons. The minimum Gasteiger partial charge on any atom is -0.368 e. The Bertz CT molecular complexity index is 660. The van der Waals surface area contributed by atoms with Crippen LogP contribution in [0.5, 0.6) is 0 Å². The van der Waals surface area contributed by atoms with E-state index in [2.05, 4.69) is 4.84 Å². The quantitative estimate of drug-likeness (QED) is 0.567. The van der Waals surface area contributed by atoms with Gasteiger partial charge in [-0.25, -0.2) is 8.42 Å². The molecule has 0 aliphatic carbocycles. The van der Waals surface area contributed by atoms with Gasteiger partial charge in [0.15, 0.2) is 0 Å². The number of hydrogen-bond donors (Lipinski definition) is 2. The predicted octanol–water partition coefficient (Wildman–Crippen LogP) is 0.252. The van der Waals surface area contributed by atoms with E-state index in [1.807, 2.05) is 0 Å². The Morgan fingerprint density at radius 2 is 2.15 bits per heavy atom. The zero-order chi connectivity index (χ0) is 15.5. The lowest BCUT2D eigenvalue weighted by atomic mass is 10.2. The fraction of sp³-hybridized carbons (Fsp3) is 0.222. The maximum atomic E-state index is 11.9. The number of carbonyl (C=O) groups excluding carboxylic acids is 1. The Morgan fingerprint density at radius 3 is 2.65 bits per heavy atom. The second-order valence-corrected chi connectivity index (χ2v) is 5.69. The normalized spacial score (nSPS) is 11.3. The van der Waals surface area contributed by atoms with Crippen molar-refractivity contribution in [1.29, 1.82) is 0 Å². The van der Waals surface area contributed by atoms with Crippen LogP contribution in [0.4, 0.5) is 5.69 Å². The van der Waals surface area contributed by atoms with E-state index in [-0.39, 0.29) is 10.6 Å². The van der Waals surface area contributed by atoms with E-state index in [9.17, 15) is 23.3 Å². The number of primary amides is 1. The fourth-order valence-electron chi connectivity index (χ4n) is 1.29. The van der Waals surface area contributed by atoms with Crippen LogP contribution in [0.3, 0.4) is 0 Å². The van der Waals surface area contributed by atoms with Crippen molar-refractivity contribution in [3.05, 3.63) is 32.8 Å². The summed E-state index contributed by atoms with van der Waals surface area (Å²) in [5.41, 5.74) is 4.38.